The molecule has 0 amide bonds. The summed E-state index contributed by atoms with van der Waals surface area (Å²) >= 11 is 0. The molecule has 0 aromatic rings. The van der Waals surface area contributed by atoms with Crippen molar-refractivity contribution in [3.63, 3.8) is 0 Å². The second-order valence-corrected chi connectivity index (χ2v) is 4.19. The summed E-state index contributed by atoms with van der Waals surface area (Å²) in [7, 11) is 0. The fourth-order valence-corrected chi connectivity index (χ4v) is 1.22. The second kappa shape index (κ2) is 4.10. The third kappa shape index (κ3) is 2.82. The Morgan fingerprint density at radius 3 is 2.00 bits per heavy atom. The van der Waals surface area contributed by atoms with Crippen LogP contribution in [0.5, 0.6) is 0 Å². The Morgan fingerprint density at radius 1 is 1.27 bits per heavy atom. The summed E-state index contributed by atoms with van der Waals surface area (Å²) in [4.78, 5) is 0. The highest BCUT2D eigenvalue weighted by Crippen LogP contribution is 2.33. The number of rotatable bonds is 4. The van der Waals surface area contributed by atoms with Crippen LogP contribution in [0.25, 0.3) is 0 Å². The molecule has 0 saturated heterocycles. The molecule has 1 heteroatoms. The van der Waals surface area contributed by atoms with Gasteiger partial charge in [-0.05, 0) is 18.3 Å². The standard InChI is InChI=1S/C10H22O/c1-6-7-8(2)10(4,5)9(3)11/h8-9,11H,6-7H2,1-5H3. The minimum atomic E-state index is -0.205. The van der Waals surface area contributed by atoms with Gasteiger partial charge in [-0.15, -0.1) is 0 Å². The van der Waals surface area contributed by atoms with Crippen LogP contribution in [0.15, 0.2) is 0 Å². The molecule has 1 N–H and O–H groups in total. The van der Waals surface area contributed by atoms with Gasteiger partial charge in [-0.2, -0.15) is 0 Å². The summed E-state index contributed by atoms with van der Waals surface area (Å²) in [6.45, 7) is 10.6. The lowest BCUT2D eigenvalue weighted by Crippen LogP contribution is -2.33. The second-order valence-electron chi connectivity index (χ2n) is 4.19. The summed E-state index contributed by atoms with van der Waals surface area (Å²) in [6, 6.07) is 0. The van der Waals surface area contributed by atoms with Crippen LogP contribution in [0.3, 0.4) is 0 Å². The topological polar surface area (TPSA) is 20.2 Å². The van der Waals surface area contributed by atoms with Crippen LogP contribution < -0.4 is 0 Å². The average Bonchev–Trinajstić information content (AvgIpc) is 1.88. The molecule has 0 radical (unpaired) electrons. The molecule has 0 aliphatic heterocycles. The van der Waals surface area contributed by atoms with Gasteiger partial charge in [0.05, 0.1) is 6.10 Å². The Morgan fingerprint density at radius 2 is 1.73 bits per heavy atom. The normalized spacial score (nSPS) is 18.0. The van der Waals surface area contributed by atoms with Crippen molar-refractivity contribution in [2.75, 3.05) is 0 Å². The van der Waals surface area contributed by atoms with Crippen LogP contribution in [-0.4, -0.2) is 11.2 Å². The molecule has 0 aliphatic rings. The first-order chi connectivity index (χ1) is 4.92. The lowest BCUT2D eigenvalue weighted by molar-refractivity contribution is 0.0224. The molecule has 0 spiro atoms. The van der Waals surface area contributed by atoms with Crippen LogP contribution >= 0.6 is 0 Å². The quantitative estimate of drug-likeness (QED) is 0.667. The van der Waals surface area contributed by atoms with Gasteiger partial charge in [0.2, 0.25) is 0 Å². The minimum absolute atomic E-state index is 0.0655. The van der Waals surface area contributed by atoms with E-state index >= 15 is 0 Å². The Balaban J connectivity index is 4.05. The van der Waals surface area contributed by atoms with E-state index in [1.54, 1.807) is 0 Å². The van der Waals surface area contributed by atoms with Gasteiger partial charge < -0.3 is 5.11 Å². The fraction of sp³-hybridized carbons (Fsp3) is 1.00. The predicted octanol–water partition coefficient (Wildman–Crippen LogP) is 2.83. The van der Waals surface area contributed by atoms with Crippen molar-refractivity contribution >= 4 is 0 Å². The lowest BCUT2D eigenvalue weighted by atomic mass is 9.74. The SMILES string of the molecule is CCCC(C)C(C)(C)C(C)O. The van der Waals surface area contributed by atoms with Crippen molar-refractivity contribution in [3.8, 4) is 0 Å². The van der Waals surface area contributed by atoms with E-state index in [0.29, 0.717) is 5.92 Å². The van der Waals surface area contributed by atoms with E-state index in [1.165, 1.54) is 12.8 Å². The molecule has 0 saturated carbocycles. The zero-order chi connectivity index (χ0) is 9.07. The third-order valence-corrected chi connectivity index (χ3v) is 3.07. The number of hydrogen-bond acceptors (Lipinski definition) is 1. The lowest BCUT2D eigenvalue weighted by Gasteiger charge is -2.34. The molecule has 0 aromatic carbocycles. The maximum absolute atomic E-state index is 9.48. The number of hydrogen-bond donors (Lipinski definition) is 1. The number of aliphatic hydroxyl groups excluding tert-OH is 1. The molecule has 0 aliphatic carbocycles. The Labute approximate surface area is 70.8 Å². The minimum Gasteiger partial charge on any atom is -0.393 e. The smallest absolute Gasteiger partial charge is 0.0565 e. The van der Waals surface area contributed by atoms with Crippen molar-refractivity contribution in [1.82, 2.24) is 0 Å². The number of aliphatic hydroxyl groups is 1. The Kier molecular flexibility index (Phi) is 4.09. The van der Waals surface area contributed by atoms with E-state index in [4.69, 9.17) is 0 Å². The van der Waals surface area contributed by atoms with E-state index in [2.05, 4.69) is 27.7 Å². The van der Waals surface area contributed by atoms with Gasteiger partial charge in [-0.25, -0.2) is 0 Å². The van der Waals surface area contributed by atoms with E-state index in [0.717, 1.165) is 0 Å². The zero-order valence-electron chi connectivity index (χ0n) is 8.52. The van der Waals surface area contributed by atoms with Crippen LogP contribution in [0, 0.1) is 11.3 Å². The molecule has 68 valence electrons. The Bertz CT molecular complexity index is 105. The predicted molar refractivity (Wildman–Crippen MR) is 49.5 cm³/mol. The van der Waals surface area contributed by atoms with Crippen molar-refractivity contribution in [2.24, 2.45) is 11.3 Å². The molecular formula is C10H22O. The average molecular weight is 158 g/mol. The monoisotopic (exact) mass is 158 g/mol. The van der Waals surface area contributed by atoms with Crippen LogP contribution in [-0.2, 0) is 0 Å². The largest absolute Gasteiger partial charge is 0.393 e. The van der Waals surface area contributed by atoms with E-state index in [9.17, 15) is 5.11 Å². The van der Waals surface area contributed by atoms with Crippen LogP contribution in [0.2, 0.25) is 0 Å². The third-order valence-electron chi connectivity index (χ3n) is 3.07. The molecule has 1 nitrogen and oxygen atoms in total. The van der Waals surface area contributed by atoms with Crippen molar-refractivity contribution in [1.29, 1.82) is 0 Å². The van der Waals surface area contributed by atoms with Crippen molar-refractivity contribution in [3.05, 3.63) is 0 Å². The van der Waals surface area contributed by atoms with Crippen molar-refractivity contribution < 1.29 is 5.11 Å². The van der Waals surface area contributed by atoms with Gasteiger partial charge in [0.1, 0.15) is 0 Å². The summed E-state index contributed by atoms with van der Waals surface area (Å²) in [5.41, 5.74) is 0.0655. The maximum atomic E-state index is 9.48. The highest BCUT2D eigenvalue weighted by Gasteiger charge is 2.29. The molecule has 11 heavy (non-hydrogen) atoms. The van der Waals surface area contributed by atoms with Crippen LogP contribution in [0.4, 0.5) is 0 Å². The molecular weight excluding hydrogens is 136 g/mol. The van der Waals surface area contributed by atoms with E-state index in [-0.39, 0.29) is 11.5 Å². The van der Waals surface area contributed by atoms with Crippen LogP contribution in [0.1, 0.15) is 47.5 Å². The molecule has 0 bridgehead atoms. The first-order valence-electron chi connectivity index (χ1n) is 4.61. The van der Waals surface area contributed by atoms with Gasteiger partial charge in [0.15, 0.2) is 0 Å². The fourth-order valence-electron chi connectivity index (χ4n) is 1.22. The van der Waals surface area contributed by atoms with Crippen molar-refractivity contribution in [2.45, 2.75) is 53.6 Å². The Hall–Kier alpha value is -0.0400. The highest BCUT2D eigenvalue weighted by molar-refractivity contribution is 4.79. The van der Waals surface area contributed by atoms with Gasteiger partial charge in [-0.1, -0.05) is 40.5 Å². The van der Waals surface area contributed by atoms with Gasteiger partial charge >= 0.3 is 0 Å². The summed E-state index contributed by atoms with van der Waals surface area (Å²) in [5, 5.41) is 9.48. The molecule has 0 rings (SSSR count). The van der Waals surface area contributed by atoms with E-state index in [1.807, 2.05) is 6.92 Å². The highest BCUT2D eigenvalue weighted by atomic mass is 16.3. The molecule has 2 unspecified atom stereocenters. The van der Waals surface area contributed by atoms with E-state index < -0.39 is 0 Å². The summed E-state index contributed by atoms with van der Waals surface area (Å²) in [6.07, 6.45) is 2.21. The van der Waals surface area contributed by atoms with Gasteiger partial charge in [-0.3, -0.25) is 0 Å². The first kappa shape index (κ1) is 11.0. The summed E-state index contributed by atoms with van der Waals surface area (Å²) in [5.74, 6) is 0.604. The van der Waals surface area contributed by atoms with Gasteiger partial charge in [0.25, 0.3) is 0 Å². The summed E-state index contributed by atoms with van der Waals surface area (Å²) < 4.78 is 0. The molecule has 2 atom stereocenters. The molecule has 0 heterocycles. The van der Waals surface area contributed by atoms with Gasteiger partial charge in [0, 0.05) is 0 Å². The maximum Gasteiger partial charge on any atom is 0.0565 e. The molecule has 0 fully saturated rings. The molecule has 0 aromatic heterocycles. The zero-order valence-corrected chi connectivity index (χ0v) is 8.52. The first-order valence-corrected chi connectivity index (χ1v) is 4.61.